The van der Waals surface area contributed by atoms with Crippen molar-refractivity contribution in [1.29, 1.82) is 0 Å². The molecule has 1 N–H and O–H groups in total. The summed E-state index contributed by atoms with van der Waals surface area (Å²) in [4.78, 5) is 0. The van der Waals surface area contributed by atoms with Gasteiger partial charge in [0.15, 0.2) is 0 Å². The Morgan fingerprint density at radius 2 is 1.76 bits per heavy atom. The number of hydrogen-bond acceptors (Lipinski definition) is 2. The maximum absolute atomic E-state index is 5.93. The number of nitrogens with one attached hydrogen (secondary N) is 1. The summed E-state index contributed by atoms with van der Waals surface area (Å²) in [5, 5.41) is 3.50. The molecule has 1 aliphatic carbocycles. The lowest BCUT2D eigenvalue weighted by Crippen LogP contribution is -2.52. The first-order valence-corrected chi connectivity index (χ1v) is 7.36. The Morgan fingerprint density at radius 3 is 2.18 bits per heavy atom. The number of hydrogen-bond donors (Lipinski definition) is 1. The highest BCUT2D eigenvalue weighted by molar-refractivity contribution is 4.92. The van der Waals surface area contributed by atoms with E-state index < -0.39 is 0 Å². The molecule has 1 saturated carbocycles. The Labute approximate surface area is 108 Å². The molecular weight excluding hydrogens is 210 g/mol. The zero-order chi connectivity index (χ0) is 12.9. The first-order valence-electron chi connectivity index (χ1n) is 7.36. The summed E-state index contributed by atoms with van der Waals surface area (Å²) in [5.74, 6) is 1.75. The van der Waals surface area contributed by atoms with Gasteiger partial charge in [-0.2, -0.15) is 0 Å². The first-order chi connectivity index (χ1) is 8.05. The van der Waals surface area contributed by atoms with Gasteiger partial charge >= 0.3 is 0 Å². The van der Waals surface area contributed by atoms with Crippen LogP contribution in [0.3, 0.4) is 0 Å². The van der Waals surface area contributed by atoms with Gasteiger partial charge in [0.1, 0.15) is 0 Å². The van der Waals surface area contributed by atoms with Gasteiger partial charge in [0, 0.05) is 12.6 Å². The van der Waals surface area contributed by atoms with Crippen molar-refractivity contribution in [2.24, 2.45) is 11.8 Å². The minimum Gasteiger partial charge on any atom is -0.374 e. The van der Waals surface area contributed by atoms with E-state index in [0.29, 0.717) is 6.04 Å². The van der Waals surface area contributed by atoms with Gasteiger partial charge in [0.25, 0.3) is 0 Å². The SMILES string of the molecule is CCOC(C)(C)C(NC)C1CCC(CC)CC1. The summed E-state index contributed by atoms with van der Waals surface area (Å²) < 4.78 is 5.93. The minimum absolute atomic E-state index is 0.0484. The van der Waals surface area contributed by atoms with Crippen LogP contribution < -0.4 is 5.32 Å². The highest BCUT2D eigenvalue weighted by Crippen LogP contribution is 2.36. The average Bonchev–Trinajstić information content (AvgIpc) is 2.30. The Balaban J connectivity index is 2.56. The van der Waals surface area contributed by atoms with Crippen LogP contribution in [0, 0.1) is 11.8 Å². The van der Waals surface area contributed by atoms with E-state index in [4.69, 9.17) is 4.74 Å². The monoisotopic (exact) mass is 241 g/mol. The van der Waals surface area contributed by atoms with Crippen molar-refractivity contribution in [3.63, 3.8) is 0 Å². The highest BCUT2D eigenvalue weighted by atomic mass is 16.5. The van der Waals surface area contributed by atoms with Gasteiger partial charge in [0.05, 0.1) is 5.60 Å². The van der Waals surface area contributed by atoms with E-state index in [0.717, 1.165) is 18.4 Å². The quantitative estimate of drug-likeness (QED) is 0.767. The van der Waals surface area contributed by atoms with Crippen molar-refractivity contribution in [2.45, 2.75) is 71.4 Å². The lowest BCUT2D eigenvalue weighted by molar-refractivity contribution is -0.0567. The third-order valence-electron chi connectivity index (χ3n) is 4.52. The van der Waals surface area contributed by atoms with Crippen LogP contribution in [0.25, 0.3) is 0 Å². The van der Waals surface area contributed by atoms with Crippen LogP contribution in [0.2, 0.25) is 0 Å². The van der Waals surface area contributed by atoms with Gasteiger partial charge in [-0.05, 0) is 52.5 Å². The van der Waals surface area contributed by atoms with Crippen LogP contribution in [-0.2, 0) is 4.74 Å². The topological polar surface area (TPSA) is 21.3 Å². The fourth-order valence-corrected chi connectivity index (χ4v) is 3.54. The predicted molar refractivity (Wildman–Crippen MR) is 74.3 cm³/mol. The second-order valence-corrected chi connectivity index (χ2v) is 5.99. The Kier molecular flexibility index (Phi) is 5.94. The summed E-state index contributed by atoms with van der Waals surface area (Å²) in [5.41, 5.74) is -0.0484. The van der Waals surface area contributed by atoms with Crippen molar-refractivity contribution in [2.75, 3.05) is 13.7 Å². The maximum Gasteiger partial charge on any atom is 0.0781 e. The molecule has 1 unspecified atom stereocenters. The van der Waals surface area contributed by atoms with Crippen molar-refractivity contribution in [1.82, 2.24) is 5.32 Å². The van der Waals surface area contributed by atoms with E-state index in [-0.39, 0.29) is 5.60 Å². The van der Waals surface area contributed by atoms with E-state index >= 15 is 0 Å². The molecule has 1 fully saturated rings. The molecule has 102 valence electrons. The van der Waals surface area contributed by atoms with E-state index in [1.165, 1.54) is 32.1 Å². The van der Waals surface area contributed by atoms with E-state index in [2.05, 4.69) is 40.1 Å². The molecule has 0 aromatic carbocycles. The molecule has 2 heteroatoms. The Hall–Kier alpha value is -0.0800. The third-order valence-corrected chi connectivity index (χ3v) is 4.52. The van der Waals surface area contributed by atoms with Crippen molar-refractivity contribution in [3.8, 4) is 0 Å². The average molecular weight is 241 g/mol. The predicted octanol–water partition coefficient (Wildman–Crippen LogP) is 3.61. The van der Waals surface area contributed by atoms with Gasteiger partial charge in [-0.15, -0.1) is 0 Å². The van der Waals surface area contributed by atoms with Crippen molar-refractivity contribution < 1.29 is 4.74 Å². The van der Waals surface area contributed by atoms with Crippen LogP contribution in [0.1, 0.15) is 59.8 Å². The molecule has 1 atom stereocenters. The molecule has 0 bridgehead atoms. The molecule has 0 aromatic heterocycles. The maximum atomic E-state index is 5.93. The lowest BCUT2D eigenvalue weighted by atomic mass is 9.74. The van der Waals surface area contributed by atoms with Crippen LogP contribution >= 0.6 is 0 Å². The minimum atomic E-state index is -0.0484. The van der Waals surface area contributed by atoms with Crippen molar-refractivity contribution >= 4 is 0 Å². The summed E-state index contributed by atoms with van der Waals surface area (Å²) >= 11 is 0. The zero-order valence-electron chi connectivity index (χ0n) is 12.4. The van der Waals surface area contributed by atoms with Gasteiger partial charge in [-0.1, -0.05) is 26.2 Å². The smallest absolute Gasteiger partial charge is 0.0781 e. The lowest BCUT2D eigenvalue weighted by Gasteiger charge is -2.42. The number of ether oxygens (including phenoxy) is 1. The molecule has 0 aromatic rings. The van der Waals surface area contributed by atoms with Crippen LogP contribution in [0.4, 0.5) is 0 Å². The number of rotatable bonds is 6. The second-order valence-electron chi connectivity index (χ2n) is 5.99. The summed E-state index contributed by atoms with van der Waals surface area (Å²) in [6.45, 7) is 9.66. The van der Waals surface area contributed by atoms with Gasteiger partial charge in [-0.3, -0.25) is 0 Å². The first kappa shape index (κ1) is 15.0. The van der Waals surface area contributed by atoms with E-state index in [9.17, 15) is 0 Å². The zero-order valence-corrected chi connectivity index (χ0v) is 12.4. The fraction of sp³-hybridized carbons (Fsp3) is 1.00. The van der Waals surface area contributed by atoms with E-state index in [1.807, 2.05) is 0 Å². The Bertz CT molecular complexity index is 207. The molecule has 1 aliphatic rings. The summed E-state index contributed by atoms with van der Waals surface area (Å²) in [7, 11) is 2.08. The largest absolute Gasteiger partial charge is 0.374 e. The molecule has 0 radical (unpaired) electrons. The summed E-state index contributed by atoms with van der Waals surface area (Å²) in [6, 6.07) is 0.486. The molecule has 0 spiro atoms. The number of likely N-dealkylation sites (N-methyl/N-ethyl adjacent to an activating group) is 1. The summed E-state index contributed by atoms with van der Waals surface area (Å²) in [6.07, 6.45) is 6.88. The molecule has 0 amide bonds. The highest BCUT2D eigenvalue weighted by Gasteiger charge is 2.36. The molecule has 0 saturated heterocycles. The van der Waals surface area contributed by atoms with Crippen LogP contribution in [-0.4, -0.2) is 25.3 Å². The van der Waals surface area contributed by atoms with Crippen LogP contribution in [0.5, 0.6) is 0 Å². The standard InChI is InChI=1S/C15H31NO/c1-6-12-8-10-13(11-9-12)14(16-5)15(3,4)17-7-2/h12-14,16H,6-11H2,1-5H3. The molecule has 2 nitrogen and oxygen atoms in total. The van der Waals surface area contributed by atoms with Crippen LogP contribution in [0.15, 0.2) is 0 Å². The second kappa shape index (κ2) is 6.75. The third kappa shape index (κ3) is 3.96. The molecule has 17 heavy (non-hydrogen) atoms. The van der Waals surface area contributed by atoms with Gasteiger partial charge in [0.2, 0.25) is 0 Å². The molecule has 0 aliphatic heterocycles. The molecule has 1 rings (SSSR count). The molecule has 0 heterocycles. The van der Waals surface area contributed by atoms with E-state index in [1.54, 1.807) is 0 Å². The van der Waals surface area contributed by atoms with Gasteiger partial charge in [-0.25, -0.2) is 0 Å². The van der Waals surface area contributed by atoms with Gasteiger partial charge < -0.3 is 10.1 Å². The molecular formula is C15H31NO. The van der Waals surface area contributed by atoms with Crippen molar-refractivity contribution in [3.05, 3.63) is 0 Å². The Morgan fingerprint density at radius 1 is 1.18 bits per heavy atom. The normalized spacial score (nSPS) is 28.1. The fourth-order valence-electron chi connectivity index (χ4n) is 3.54.